The van der Waals surface area contributed by atoms with E-state index in [0.29, 0.717) is 10.1 Å². The molecule has 1 saturated heterocycles. The minimum absolute atomic E-state index is 0.167. The van der Waals surface area contributed by atoms with Gasteiger partial charge in [-0.3, -0.25) is 9.78 Å². The molecule has 1 fully saturated rings. The highest BCUT2D eigenvalue weighted by Crippen LogP contribution is 2.50. The van der Waals surface area contributed by atoms with Gasteiger partial charge < -0.3 is 4.74 Å². The molecule has 3 rings (SSSR count). The summed E-state index contributed by atoms with van der Waals surface area (Å²) in [5, 5.41) is 1.04. The van der Waals surface area contributed by atoms with Crippen molar-refractivity contribution in [2.45, 2.75) is 17.4 Å². The number of halogens is 3. The molecule has 0 N–H and O–H groups in total. The smallest absolute Gasteiger partial charge is 0.406 e. The molecule has 24 heavy (non-hydrogen) atoms. The maximum Gasteiger partial charge on any atom is 0.573 e. The highest BCUT2D eigenvalue weighted by molar-refractivity contribution is 8.31. The Morgan fingerprint density at radius 3 is 2.50 bits per heavy atom. The topological polar surface area (TPSA) is 39.2 Å². The van der Waals surface area contributed by atoms with Crippen LogP contribution in [0, 0.1) is 0 Å². The van der Waals surface area contributed by atoms with Crippen LogP contribution in [-0.2, 0) is 6.42 Å². The molecular weight excluding hydrogens is 359 g/mol. The fraction of sp³-hybridized carbons (Fsp3) is 0.250. The minimum Gasteiger partial charge on any atom is -0.406 e. The number of aromatic nitrogens is 1. The number of nitrogens with zero attached hydrogens (tertiary/aromatic N) is 1. The number of benzene rings is 1. The molecular formula is C16H12F3NO2S2. The van der Waals surface area contributed by atoms with E-state index >= 15 is 0 Å². The number of carbonyl (C=O) groups is 1. The molecule has 0 saturated carbocycles. The Hall–Kier alpha value is -1.67. The molecule has 2 aromatic rings. The molecule has 3 nitrogen and oxygen atoms in total. The number of alkyl halides is 3. The largest absolute Gasteiger partial charge is 0.573 e. The van der Waals surface area contributed by atoms with Gasteiger partial charge >= 0.3 is 6.36 Å². The summed E-state index contributed by atoms with van der Waals surface area (Å²) in [5.74, 6) is -0.510. The van der Waals surface area contributed by atoms with Gasteiger partial charge in [0.1, 0.15) is 5.75 Å². The zero-order chi connectivity index (χ0) is 17.2. The van der Waals surface area contributed by atoms with Crippen LogP contribution in [0.5, 0.6) is 5.75 Å². The Morgan fingerprint density at radius 2 is 1.92 bits per heavy atom. The maximum absolute atomic E-state index is 12.3. The molecule has 2 heterocycles. The Morgan fingerprint density at radius 1 is 1.21 bits per heavy atom. The summed E-state index contributed by atoms with van der Waals surface area (Å²) >= 11 is 3.60. The van der Waals surface area contributed by atoms with Crippen LogP contribution in [0.1, 0.15) is 26.2 Å². The molecule has 0 unspecified atom stereocenters. The molecule has 1 aliphatic heterocycles. The SMILES string of the molecule is O=C(Cc1ccnc(C2SCS2)c1)c1ccc(OC(F)(F)F)cc1. The Bertz CT molecular complexity index is 731. The Kier molecular flexibility index (Phi) is 5.05. The van der Waals surface area contributed by atoms with E-state index in [-0.39, 0.29) is 18.0 Å². The van der Waals surface area contributed by atoms with Crippen molar-refractivity contribution in [2.24, 2.45) is 0 Å². The standard InChI is InChI=1S/C16H12F3NO2S2/c17-16(18,19)22-12-3-1-11(2-4-12)14(21)8-10-5-6-20-13(7-10)15-23-9-24-15/h1-7,15H,8-9H2. The van der Waals surface area contributed by atoms with E-state index in [9.17, 15) is 18.0 Å². The quantitative estimate of drug-likeness (QED) is 0.703. The summed E-state index contributed by atoms with van der Waals surface area (Å²) in [6, 6.07) is 8.63. The van der Waals surface area contributed by atoms with Gasteiger partial charge in [0.05, 0.1) is 10.3 Å². The lowest BCUT2D eigenvalue weighted by Gasteiger charge is -2.23. The molecule has 0 amide bonds. The first-order valence-corrected chi connectivity index (χ1v) is 9.07. The zero-order valence-corrected chi connectivity index (χ0v) is 13.9. The van der Waals surface area contributed by atoms with E-state index in [1.807, 2.05) is 6.07 Å². The summed E-state index contributed by atoms with van der Waals surface area (Å²) in [6.45, 7) is 0. The van der Waals surface area contributed by atoms with E-state index in [1.54, 1.807) is 35.8 Å². The molecule has 0 atom stereocenters. The van der Waals surface area contributed by atoms with E-state index < -0.39 is 6.36 Å². The van der Waals surface area contributed by atoms with Gasteiger partial charge in [-0.1, -0.05) is 0 Å². The van der Waals surface area contributed by atoms with E-state index in [2.05, 4.69) is 9.72 Å². The molecule has 0 spiro atoms. The van der Waals surface area contributed by atoms with Crippen LogP contribution in [0.3, 0.4) is 0 Å². The third-order valence-corrected chi connectivity index (χ3v) is 6.29. The minimum atomic E-state index is -4.74. The number of Topliss-reactive ketones (excluding diaryl/α,β-unsaturated/α-hetero) is 1. The normalized spacial score (nSPS) is 15.0. The lowest BCUT2D eigenvalue weighted by atomic mass is 10.0. The van der Waals surface area contributed by atoms with Crippen LogP contribution in [0.4, 0.5) is 13.2 Å². The van der Waals surface area contributed by atoms with Crippen molar-refractivity contribution in [3.05, 3.63) is 59.4 Å². The number of ketones is 1. The van der Waals surface area contributed by atoms with Crippen molar-refractivity contribution in [1.82, 2.24) is 4.98 Å². The van der Waals surface area contributed by atoms with Crippen molar-refractivity contribution in [3.63, 3.8) is 0 Å². The van der Waals surface area contributed by atoms with Gasteiger partial charge in [0.2, 0.25) is 0 Å². The second-order valence-corrected chi connectivity index (χ2v) is 7.89. The summed E-state index contributed by atoms with van der Waals surface area (Å²) in [5.41, 5.74) is 2.12. The molecule has 0 bridgehead atoms. The van der Waals surface area contributed by atoms with Gasteiger partial charge in [0.25, 0.3) is 0 Å². The van der Waals surface area contributed by atoms with Crippen LogP contribution in [0.25, 0.3) is 0 Å². The predicted molar refractivity (Wildman–Crippen MR) is 88.2 cm³/mol. The Balaban J connectivity index is 1.66. The lowest BCUT2D eigenvalue weighted by molar-refractivity contribution is -0.274. The second kappa shape index (κ2) is 7.06. The number of carbonyl (C=O) groups excluding carboxylic acids is 1. The predicted octanol–water partition coefficient (Wildman–Crippen LogP) is 4.84. The third-order valence-electron chi connectivity index (χ3n) is 3.30. The van der Waals surface area contributed by atoms with Crippen LogP contribution < -0.4 is 4.74 Å². The number of thioether (sulfide) groups is 2. The molecule has 8 heteroatoms. The maximum atomic E-state index is 12.3. The molecule has 126 valence electrons. The average Bonchev–Trinajstić information content (AvgIpc) is 2.45. The van der Waals surface area contributed by atoms with Gasteiger partial charge in [0.15, 0.2) is 5.78 Å². The molecule has 1 aliphatic rings. The number of hydrogen-bond donors (Lipinski definition) is 0. The van der Waals surface area contributed by atoms with Crippen LogP contribution in [-0.4, -0.2) is 22.2 Å². The fourth-order valence-corrected chi connectivity index (χ4v) is 3.86. The first kappa shape index (κ1) is 17.2. The van der Waals surface area contributed by atoms with Gasteiger partial charge in [-0.05, 0) is 42.0 Å². The highest BCUT2D eigenvalue weighted by atomic mass is 32.3. The molecule has 0 radical (unpaired) electrons. The Labute approximate surface area is 145 Å². The van der Waals surface area contributed by atoms with Crippen molar-refractivity contribution in [2.75, 3.05) is 5.08 Å². The van der Waals surface area contributed by atoms with Gasteiger partial charge in [-0.25, -0.2) is 0 Å². The second-order valence-electron chi connectivity index (χ2n) is 5.04. The summed E-state index contributed by atoms with van der Waals surface area (Å²) in [7, 11) is 0. The van der Waals surface area contributed by atoms with Crippen LogP contribution in [0.2, 0.25) is 0 Å². The number of ether oxygens (including phenoxy) is 1. The average molecular weight is 371 g/mol. The van der Waals surface area contributed by atoms with E-state index in [4.69, 9.17) is 0 Å². The molecule has 0 aliphatic carbocycles. The number of rotatable bonds is 5. The van der Waals surface area contributed by atoms with Gasteiger partial charge in [-0.15, -0.1) is 36.7 Å². The molecule has 1 aromatic carbocycles. The fourth-order valence-electron chi connectivity index (χ4n) is 2.17. The number of pyridine rings is 1. The van der Waals surface area contributed by atoms with Gasteiger partial charge in [-0.2, -0.15) is 0 Å². The monoisotopic (exact) mass is 371 g/mol. The summed E-state index contributed by atoms with van der Waals surface area (Å²) < 4.78 is 40.5. The van der Waals surface area contributed by atoms with Crippen molar-refractivity contribution < 1.29 is 22.7 Å². The van der Waals surface area contributed by atoms with Crippen LogP contribution in [0.15, 0.2) is 42.6 Å². The number of hydrogen-bond acceptors (Lipinski definition) is 5. The molecule has 1 aromatic heterocycles. The zero-order valence-electron chi connectivity index (χ0n) is 12.2. The summed E-state index contributed by atoms with van der Waals surface area (Å²) in [6.07, 6.45) is -2.88. The first-order valence-electron chi connectivity index (χ1n) is 6.98. The lowest BCUT2D eigenvalue weighted by Crippen LogP contribution is -2.17. The van der Waals surface area contributed by atoms with Gasteiger partial charge in [0, 0.05) is 23.3 Å². The highest BCUT2D eigenvalue weighted by Gasteiger charge is 2.31. The third kappa shape index (κ3) is 4.45. The van der Waals surface area contributed by atoms with Crippen molar-refractivity contribution >= 4 is 29.3 Å². The first-order chi connectivity index (χ1) is 11.4. The van der Waals surface area contributed by atoms with E-state index in [0.717, 1.165) is 28.5 Å². The van der Waals surface area contributed by atoms with E-state index in [1.165, 1.54) is 12.1 Å². The van der Waals surface area contributed by atoms with Crippen molar-refractivity contribution in [1.29, 1.82) is 0 Å². The van der Waals surface area contributed by atoms with Crippen LogP contribution >= 0.6 is 23.5 Å². The van der Waals surface area contributed by atoms with Crippen molar-refractivity contribution in [3.8, 4) is 5.75 Å². The summed E-state index contributed by atoms with van der Waals surface area (Å²) in [4.78, 5) is 16.6.